The molecule has 21 heavy (non-hydrogen) atoms. The molecule has 1 aliphatic carbocycles. The number of halogens is 3. The van der Waals surface area contributed by atoms with E-state index in [1.54, 1.807) is 5.32 Å². The van der Waals surface area contributed by atoms with Crippen LogP contribution in [0.1, 0.15) is 19.3 Å². The second kappa shape index (κ2) is 5.71. The first-order chi connectivity index (χ1) is 9.68. The van der Waals surface area contributed by atoms with Gasteiger partial charge in [-0.3, -0.25) is 25.4 Å². The van der Waals surface area contributed by atoms with Gasteiger partial charge in [-0.05, 0) is 6.42 Å². The number of carbonyl (C=O) groups is 1. The molecular weight excluding hydrogens is 299 g/mol. The summed E-state index contributed by atoms with van der Waals surface area (Å²) in [6, 6.07) is -2.01. The molecule has 1 saturated carbocycles. The van der Waals surface area contributed by atoms with E-state index in [0.717, 1.165) is 0 Å². The maximum absolute atomic E-state index is 12.1. The van der Waals surface area contributed by atoms with Crippen molar-refractivity contribution in [2.75, 3.05) is 0 Å². The first-order valence-electron chi connectivity index (χ1n) is 6.26. The first kappa shape index (κ1) is 15.9. The summed E-state index contributed by atoms with van der Waals surface area (Å²) in [5.74, 6) is -2.17. The molecule has 5 atom stereocenters. The average Bonchev–Trinajstić information content (AvgIpc) is 2.37. The number of rotatable bonds is 2. The number of amides is 1. The summed E-state index contributed by atoms with van der Waals surface area (Å²) >= 11 is 0. The lowest BCUT2D eigenvalue weighted by molar-refractivity contribution is -0.936. The van der Waals surface area contributed by atoms with Crippen molar-refractivity contribution in [2.45, 2.75) is 49.9 Å². The Hall–Kier alpha value is -1.50. The van der Waals surface area contributed by atoms with Gasteiger partial charge in [0.05, 0.1) is 12.5 Å². The molecule has 120 valence electrons. The predicted octanol–water partition coefficient (Wildman–Crippen LogP) is -1.99. The van der Waals surface area contributed by atoms with Gasteiger partial charge in [0.2, 0.25) is 6.04 Å². The Morgan fingerprint density at radius 3 is 2.62 bits per heavy atom. The largest absolute Gasteiger partial charge is 0.613 e. The fourth-order valence-corrected chi connectivity index (χ4v) is 2.62. The van der Waals surface area contributed by atoms with Gasteiger partial charge >= 0.3 is 12.1 Å². The van der Waals surface area contributed by atoms with Gasteiger partial charge in [-0.25, -0.2) is 0 Å². The molecule has 1 aliphatic heterocycles. The second-order valence-corrected chi connectivity index (χ2v) is 5.04. The van der Waals surface area contributed by atoms with Crippen LogP contribution in [0.4, 0.5) is 13.2 Å². The summed E-state index contributed by atoms with van der Waals surface area (Å²) in [5.41, 5.74) is 2.17. The number of hydrogen-bond acceptors (Lipinski definition) is 6. The summed E-state index contributed by atoms with van der Waals surface area (Å²) in [4.78, 5) is 21.1. The molecule has 4 N–H and O–H groups in total. The van der Waals surface area contributed by atoms with E-state index in [-0.39, 0.29) is 19.3 Å². The number of fused-ring (bicyclic) bond motifs is 1. The van der Waals surface area contributed by atoms with Crippen LogP contribution in [-0.4, -0.2) is 41.4 Å². The standard InChI is InChI=1S/C9H14F3N5O4/c10-9(11,12)7(18)14-8-13-5-2-1-4(17(20)21)3-6(5)16(19)15-8/h4-6,8,13,15-16H,1-3H2,(H,14,18). The van der Waals surface area contributed by atoms with Crippen LogP contribution in [0.2, 0.25) is 0 Å². The third kappa shape index (κ3) is 3.58. The van der Waals surface area contributed by atoms with E-state index >= 15 is 0 Å². The SMILES string of the molecule is O=C(NC1NC2CCC([N+](=O)[O-])CC2[NH+]([O-])N1)C(F)(F)F. The number of carbonyl (C=O) groups excluding carboxylic acids is 1. The van der Waals surface area contributed by atoms with Gasteiger partial charge in [-0.2, -0.15) is 13.2 Å². The van der Waals surface area contributed by atoms with Crippen molar-refractivity contribution in [3.63, 3.8) is 0 Å². The molecule has 0 aromatic carbocycles. The smallest absolute Gasteiger partial charge is 0.471 e. The summed E-state index contributed by atoms with van der Waals surface area (Å²) in [5, 5.41) is 26.2. The van der Waals surface area contributed by atoms with Crippen LogP contribution in [0.3, 0.4) is 0 Å². The number of nitrogens with zero attached hydrogens (tertiary/aromatic N) is 1. The van der Waals surface area contributed by atoms with E-state index in [2.05, 4.69) is 10.7 Å². The molecule has 2 rings (SSSR count). The lowest BCUT2D eigenvalue weighted by Crippen LogP contribution is -3.23. The number of nitro groups is 1. The molecule has 1 saturated heterocycles. The predicted molar refractivity (Wildman–Crippen MR) is 60.8 cm³/mol. The highest BCUT2D eigenvalue weighted by atomic mass is 19.4. The number of nitrogens with one attached hydrogen (secondary N) is 4. The molecule has 5 unspecified atom stereocenters. The van der Waals surface area contributed by atoms with Crippen molar-refractivity contribution in [3.8, 4) is 0 Å². The first-order valence-corrected chi connectivity index (χ1v) is 6.26. The van der Waals surface area contributed by atoms with Crippen LogP contribution in [0, 0.1) is 15.3 Å². The van der Waals surface area contributed by atoms with Crippen molar-refractivity contribution in [1.29, 1.82) is 0 Å². The topological polar surface area (TPSA) is 124 Å². The monoisotopic (exact) mass is 313 g/mol. The average molecular weight is 313 g/mol. The molecule has 9 nitrogen and oxygen atoms in total. The van der Waals surface area contributed by atoms with Gasteiger partial charge in [0.1, 0.15) is 6.04 Å². The molecular formula is C9H14F3N5O4. The van der Waals surface area contributed by atoms with Crippen molar-refractivity contribution >= 4 is 5.91 Å². The Morgan fingerprint density at radius 1 is 1.38 bits per heavy atom. The Kier molecular flexibility index (Phi) is 4.32. The Morgan fingerprint density at radius 2 is 2.05 bits per heavy atom. The van der Waals surface area contributed by atoms with Crippen molar-refractivity contribution < 1.29 is 28.1 Å². The van der Waals surface area contributed by atoms with Crippen molar-refractivity contribution in [1.82, 2.24) is 16.1 Å². The van der Waals surface area contributed by atoms with E-state index in [1.165, 1.54) is 0 Å². The minimum atomic E-state index is -5.05. The maximum Gasteiger partial charge on any atom is 0.471 e. The molecule has 1 amide bonds. The number of quaternary nitrogens is 1. The van der Waals surface area contributed by atoms with E-state index in [0.29, 0.717) is 0 Å². The third-order valence-electron chi connectivity index (χ3n) is 3.66. The third-order valence-corrected chi connectivity index (χ3v) is 3.66. The number of alkyl halides is 3. The zero-order chi connectivity index (χ0) is 15.8. The summed E-state index contributed by atoms with van der Waals surface area (Å²) in [6.45, 7) is 0. The van der Waals surface area contributed by atoms with E-state index in [4.69, 9.17) is 0 Å². The fraction of sp³-hybridized carbons (Fsp3) is 0.889. The Balaban J connectivity index is 1.96. The molecule has 0 aromatic heterocycles. The summed E-state index contributed by atoms with van der Waals surface area (Å²) in [6.07, 6.45) is -5.85. The van der Waals surface area contributed by atoms with E-state index < -0.39 is 46.6 Å². The quantitative estimate of drug-likeness (QED) is 0.266. The summed E-state index contributed by atoms with van der Waals surface area (Å²) in [7, 11) is 0. The minimum Gasteiger partial charge on any atom is -0.613 e. The second-order valence-electron chi connectivity index (χ2n) is 5.04. The van der Waals surface area contributed by atoms with Crippen LogP contribution in [-0.2, 0) is 4.79 Å². The van der Waals surface area contributed by atoms with Gasteiger partial charge in [-0.15, -0.1) is 5.43 Å². The zero-order valence-corrected chi connectivity index (χ0v) is 10.6. The highest BCUT2D eigenvalue weighted by molar-refractivity contribution is 5.81. The molecule has 12 heteroatoms. The van der Waals surface area contributed by atoms with E-state index in [9.17, 15) is 33.3 Å². The normalized spacial score (nSPS) is 36.7. The molecule has 0 bridgehead atoms. The van der Waals surface area contributed by atoms with Crippen LogP contribution in [0.5, 0.6) is 0 Å². The molecule has 2 aliphatic rings. The van der Waals surface area contributed by atoms with Crippen LogP contribution in [0.15, 0.2) is 0 Å². The van der Waals surface area contributed by atoms with Crippen LogP contribution in [0.25, 0.3) is 0 Å². The Bertz CT molecular complexity index is 434. The van der Waals surface area contributed by atoms with Crippen LogP contribution >= 0.6 is 0 Å². The molecule has 2 fully saturated rings. The maximum atomic E-state index is 12.1. The van der Waals surface area contributed by atoms with Gasteiger partial charge in [-0.1, -0.05) is 0 Å². The van der Waals surface area contributed by atoms with Crippen LogP contribution < -0.4 is 21.2 Å². The zero-order valence-electron chi connectivity index (χ0n) is 10.6. The number of hydrogen-bond donors (Lipinski definition) is 4. The molecule has 0 radical (unpaired) electrons. The van der Waals surface area contributed by atoms with Crippen molar-refractivity contribution in [2.24, 2.45) is 0 Å². The lowest BCUT2D eigenvalue weighted by atomic mass is 9.86. The summed E-state index contributed by atoms with van der Waals surface area (Å²) < 4.78 is 36.4. The molecule has 0 spiro atoms. The van der Waals surface area contributed by atoms with Crippen molar-refractivity contribution in [3.05, 3.63) is 15.3 Å². The lowest BCUT2D eigenvalue weighted by Gasteiger charge is -2.46. The minimum absolute atomic E-state index is 0.0242. The van der Waals surface area contributed by atoms with Gasteiger partial charge in [0, 0.05) is 11.3 Å². The van der Waals surface area contributed by atoms with Gasteiger partial charge in [0.25, 0.3) is 0 Å². The van der Waals surface area contributed by atoms with Gasteiger partial charge < -0.3 is 10.5 Å². The highest BCUT2D eigenvalue weighted by Crippen LogP contribution is 2.21. The van der Waals surface area contributed by atoms with Gasteiger partial charge in [0.15, 0.2) is 6.29 Å². The number of hydroxylamine groups is 1. The molecule has 1 heterocycles. The fourth-order valence-electron chi connectivity index (χ4n) is 2.62. The van der Waals surface area contributed by atoms with E-state index in [1.807, 2.05) is 0 Å². The molecule has 0 aromatic rings. The highest BCUT2D eigenvalue weighted by Gasteiger charge is 2.46. The Labute approximate surface area is 116 Å².